The van der Waals surface area contributed by atoms with E-state index in [2.05, 4.69) is 0 Å². The molecule has 1 aromatic carbocycles. The molecule has 0 atom stereocenters. The molecule has 0 bridgehead atoms. The van der Waals surface area contributed by atoms with Crippen LogP contribution in [0.4, 0.5) is 5.69 Å². The first-order valence-electron chi connectivity index (χ1n) is 6.88. The lowest BCUT2D eigenvalue weighted by atomic mass is 10.2. The monoisotopic (exact) mass is 326 g/mol. The van der Waals surface area contributed by atoms with Crippen LogP contribution in [0.15, 0.2) is 23.1 Å². The molecule has 1 aromatic rings. The molecule has 0 unspecified atom stereocenters. The number of likely N-dealkylation sites (N-methyl/N-ethyl adjacent to an activating group) is 1. The molecule has 1 heterocycles. The average molecular weight is 326 g/mol. The first-order valence-corrected chi connectivity index (χ1v) is 8.32. The van der Waals surface area contributed by atoms with Crippen molar-refractivity contribution in [2.24, 2.45) is 0 Å². The molecule has 0 radical (unpaired) electrons. The Labute approximate surface area is 129 Å². The van der Waals surface area contributed by atoms with Crippen molar-refractivity contribution in [2.75, 3.05) is 25.0 Å². The summed E-state index contributed by atoms with van der Waals surface area (Å²) >= 11 is 0. The number of hydrogen-bond acceptors (Lipinski definition) is 4. The summed E-state index contributed by atoms with van der Waals surface area (Å²) in [5, 5.41) is 8.74. The van der Waals surface area contributed by atoms with Gasteiger partial charge in [0.15, 0.2) is 0 Å². The molecule has 2 rings (SSSR count). The van der Waals surface area contributed by atoms with Crippen molar-refractivity contribution in [3.05, 3.63) is 23.8 Å². The number of rotatable bonds is 5. The minimum absolute atomic E-state index is 0.00852. The van der Waals surface area contributed by atoms with Crippen LogP contribution in [-0.4, -0.2) is 49.8 Å². The molecule has 1 aliphatic rings. The van der Waals surface area contributed by atoms with E-state index in [0.29, 0.717) is 25.1 Å². The molecule has 1 N–H and O–H groups in total. The molecule has 1 amide bonds. The van der Waals surface area contributed by atoms with Crippen LogP contribution < -0.4 is 4.90 Å². The van der Waals surface area contributed by atoms with Crippen molar-refractivity contribution >= 4 is 27.6 Å². The standard InChI is InChI=1S/C14H18N2O5S/c1-3-13(17)16-7-6-10-4-5-11(8-12(10)16)22(20,21)15(2)9-14(18)19/h4-5,8H,3,6-7,9H2,1-2H3,(H,18,19). The van der Waals surface area contributed by atoms with Gasteiger partial charge in [-0.2, -0.15) is 4.31 Å². The molecule has 0 aromatic heterocycles. The van der Waals surface area contributed by atoms with E-state index in [1.807, 2.05) is 0 Å². The van der Waals surface area contributed by atoms with Crippen LogP contribution in [0.25, 0.3) is 0 Å². The highest BCUT2D eigenvalue weighted by Gasteiger charge is 2.28. The van der Waals surface area contributed by atoms with E-state index in [-0.39, 0.29) is 10.8 Å². The third kappa shape index (κ3) is 2.97. The second-order valence-electron chi connectivity index (χ2n) is 5.09. The highest BCUT2D eigenvalue weighted by molar-refractivity contribution is 7.89. The predicted molar refractivity (Wildman–Crippen MR) is 80.2 cm³/mol. The predicted octanol–water partition coefficient (Wildman–Crippen LogP) is 0.691. The molecule has 0 saturated heterocycles. The van der Waals surface area contributed by atoms with Gasteiger partial charge in [-0.25, -0.2) is 8.42 Å². The van der Waals surface area contributed by atoms with Gasteiger partial charge >= 0.3 is 5.97 Å². The Morgan fingerprint density at radius 1 is 1.36 bits per heavy atom. The third-order valence-corrected chi connectivity index (χ3v) is 5.42. The van der Waals surface area contributed by atoms with Gasteiger partial charge in [0.25, 0.3) is 0 Å². The van der Waals surface area contributed by atoms with Crippen molar-refractivity contribution in [2.45, 2.75) is 24.7 Å². The molecule has 1 aliphatic heterocycles. The summed E-state index contributed by atoms with van der Waals surface area (Å²) in [6.45, 7) is 1.68. The number of aliphatic carboxylic acids is 1. The van der Waals surface area contributed by atoms with Crippen LogP contribution in [0.2, 0.25) is 0 Å². The van der Waals surface area contributed by atoms with Crippen molar-refractivity contribution in [1.29, 1.82) is 0 Å². The smallest absolute Gasteiger partial charge is 0.318 e. The van der Waals surface area contributed by atoms with Crippen LogP contribution >= 0.6 is 0 Å². The summed E-state index contributed by atoms with van der Waals surface area (Å²) in [7, 11) is -2.68. The molecule has 7 nitrogen and oxygen atoms in total. The fourth-order valence-corrected chi connectivity index (χ4v) is 3.57. The van der Waals surface area contributed by atoms with Crippen molar-refractivity contribution < 1.29 is 23.1 Å². The Hall–Kier alpha value is -1.93. The van der Waals surface area contributed by atoms with E-state index in [4.69, 9.17) is 5.11 Å². The fraction of sp³-hybridized carbons (Fsp3) is 0.429. The zero-order chi connectivity index (χ0) is 16.5. The zero-order valence-electron chi connectivity index (χ0n) is 12.4. The lowest BCUT2D eigenvalue weighted by molar-refractivity contribution is -0.137. The number of carboxylic acid groups (broad SMARTS) is 1. The number of hydrogen-bond donors (Lipinski definition) is 1. The highest BCUT2D eigenvalue weighted by Crippen LogP contribution is 2.31. The van der Waals surface area contributed by atoms with Crippen molar-refractivity contribution in [3.8, 4) is 0 Å². The maximum atomic E-state index is 12.4. The number of benzene rings is 1. The number of carbonyl (C=O) groups excluding carboxylic acids is 1. The van der Waals surface area contributed by atoms with Crippen molar-refractivity contribution in [1.82, 2.24) is 4.31 Å². The quantitative estimate of drug-likeness (QED) is 0.859. The summed E-state index contributed by atoms with van der Waals surface area (Å²) < 4.78 is 25.5. The molecule has 0 fully saturated rings. The maximum absolute atomic E-state index is 12.4. The Kier molecular flexibility index (Phi) is 4.52. The van der Waals surface area contributed by atoms with E-state index in [0.717, 1.165) is 9.87 Å². The van der Waals surface area contributed by atoms with Gasteiger partial charge < -0.3 is 10.0 Å². The Bertz CT molecular complexity index is 714. The van der Waals surface area contributed by atoms with Crippen LogP contribution in [0.5, 0.6) is 0 Å². The largest absolute Gasteiger partial charge is 0.480 e. The highest BCUT2D eigenvalue weighted by atomic mass is 32.2. The lowest BCUT2D eigenvalue weighted by Gasteiger charge is -2.19. The Balaban J connectivity index is 2.39. The lowest BCUT2D eigenvalue weighted by Crippen LogP contribution is -2.32. The molecule has 120 valence electrons. The maximum Gasteiger partial charge on any atom is 0.318 e. The number of amides is 1. The van der Waals surface area contributed by atoms with E-state index in [1.54, 1.807) is 17.9 Å². The van der Waals surface area contributed by atoms with Crippen LogP contribution in [0, 0.1) is 0 Å². The Morgan fingerprint density at radius 2 is 2.05 bits per heavy atom. The molecular weight excluding hydrogens is 308 g/mol. The second-order valence-corrected chi connectivity index (χ2v) is 7.14. The number of fused-ring (bicyclic) bond motifs is 1. The number of sulfonamides is 1. The van der Waals surface area contributed by atoms with E-state index in [9.17, 15) is 18.0 Å². The van der Waals surface area contributed by atoms with Gasteiger partial charge in [0.1, 0.15) is 6.54 Å². The summed E-state index contributed by atoms with van der Waals surface area (Å²) in [6, 6.07) is 4.58. The second kappa shape index (κ2) is 6.05. The van der Waals surface area contributed by atoms with Gasteiger partial charge in [0.05, 0.1) is 4.90 Å². The number of carboxylic acids is 1. The topological polar surface area (TPSA) is 95.0 Å². The summed E-state index contributed by atoms with van der Waals surface area (Å²) in [6.07, 6.45) is 1.03. The van der Waals surface area contributed by atoms with Crippen LogP contribution in [0.1, 0.15) is 18.9 Å². The Morgan fingerprint density at radius 3 is 2.64 bits per heavy atom. The first kappa shape index (κ1) is 16.4. The molecule has 22 heavy (non-hydrogen) atoms. The normalized spacial score (nSPS) is 14.2. The van der Waals surface area contributed by atoms with Gasteiger partial charge in [0.2, 0.25) is 15.9 Å². The zero-order valence-corrected chi connectivity index (χ0v) is 13.3. The van der Waals surface area contributed by atoms with Crippen LogP contribution in [-0.2, 0) is 26.0 Å². The van der Waals surface area contributed by atoms with E-state index in [1.165, 1.54) is 19.2 Å². The van der Waals surface area contributed by atoms with Crippen LogP contribution in [0.3, 0.4) is 0 Å². The number of carbonyl (C=O) groups is 2. The van der Waals surface area contributed by atoms with Gasteiger partial charge in [-0.1, -0.05) is 13.0 Å². The van der Waals surface area contributed by atoms with E-state index < -0.39 is 22.5 Å². The summed E-state index contributed by atoms with van der Waals surface area (Å²) in [5.41, 5.74) is 1.51. The van der Waals surface area contributed by atoms with Gasteiger partial charge in [-0.15, -0.1) is 0 Å². The first-order chi connectivity index (χ1) is 10.3. The molecule has 8 heteroatoms. The van der Waals surface area contributed by atoms with Gasteiger partial charge in [-0.3, -0.25) is 9.59 Å². The van der Waals surface area contributed by atoms with Gasteiger partial charge in [-0.05, 0) is 24.1 Å². The molecule has 0 spiro atoms. The molecule has 0 aliphatic carbocycles. The minimum atomic E-state index is -3.90. The summed E-state index contributed by atoms with van der Waals surface area (Å²) in [4.78, 5) is 24.2. The number of anilines is 1. The third-order valence-electron chi connectivity index (χ3n) is 3.62. The van der Waals surface area contributed by atoms with E-state index >= 15 is 0 Å². The average Bonchev–Trinajstić information content (AvgIpc) is 2.88. The van der Waals surface area contributed by atoms with Crippen molar-refractivity contribution in [3.63, 3.8) is 0 Å². The fourth-order valence-electron chi connectivity index (χ4n) is 2.42. The summed E-state index contributed by atoms with van der Waals surface area (Å²) in [5.74, 6) is -1.29. The molecular formula is C14H18N2O5S. The number of nitrogens with zero attached hydrogens (tertiary/aromatic N) is 2. The molecule has 0 saturated carbocycles. The van der Waals surface area contributed by atoms with Gasteiger partial charge in [0, 0.05) is 25.7 Å². The minimum Gasteiger partial charge on any atom is -0.480 e. The SMILES string of the molecule is CCC(=O)N1CCc2ccc(S(=O)(=O)N(C)CC(=O)O)cc21.